The third-order valence-electron chi connectivity index (χ3n) is 2.34. The van der Waals surface area contributed by atoms with Crippen LogP contribution in [0.5, 0.6) is 0 Å². The van der Waals surface area contributed by atoms with E-state index < -0.39 is 0 Å². The molecular formula is C9H13ClN4. The number of halogens is 1. The van der Waals surface area contributed by atoms with Crippen LogP contribution in [0.25, 0.3) is 0 Å². The van der Waals surface area contributed by atoms with Crippen LogP contribution in [0.2, 0.25) is 5.02 Å². The van der Waals surface area contributed by atoms with Crippen molar-refractivity contribution in [1.29, 1.82) is 0 Å². The van der Waals surface area contributed by atoms with Gasteiger partial charge in [-0.15, -0.1) is 0 Å². The van der Waals surface area contributed by atoms with Gasteiger partial charge in [0.1, 0.15) is 0 Å². The molecule has 0 amide bonds. The lowest BCUT2D eigenvalue weighted by Crippen LogP contribution is -2.31. The normalized spacial score (nSPS) is 17.9. The van der Waals surface area contributed by atoms with Crippen LogP contribution < -0.4 is 11.1 Å². The number of aromatic nitrogens is 2. The number of rotatable bonds is 4. The molecule has 1 aliphatic rings. The molecule has 2 rings (SSSR count). The van der Waals surface area contributed by atoms with Gasteiger partial charge in [-0.1, -0.05) is 11.6 Å². The summed E-state index contributed by atoms with van der Waals surface area (Å²) in [6, 6.07) is 0.217. The Balaban J connectivity index is 1.82. The zero-order chi connectivity index (χ0) is 9.97. The maximum absolute atomic E-state index is 5.91. The first-order chi connectivity index (χ1) is 6.75. The van der Waals surface area contributed by atoms with Crippen LogP contribution in [0.3, 0.4) is 0 Å². The number of hydrogen-bond acceptors (Lipinski definition) is 4. The Labute approximate surface area is 87.9 Å². The van der Waals surface area contributed by atoms with Crippen LogP contribution >= 0.6 is 11.6 Å². The fraction of sp³-hybridized carbons (Fsp3) is 0.556. The molecule has 1 saturated carbocycles. The van der Waals surface area contributed by atoms with Gasteiger partial charge in [0.05, 0.1) is 17.4 Å². The van der Waals surface area contributed by atoms with Gasteiger partial charge in [-0.25, -0.2) is 9.97 Å². The number of nitrogens with two attached hydrogens (primary N) is 1. The Morgan fingerprint density at radius 2 is 2.14 bits per heavy atom. The summed E-state index contributed by atoms with van der Waals surface area (Å²) < 4.78 is 0. The highest BCUT2D eigenvalue weighted by Gasteiger charge is 2.28. The van der Waals surface area contributed by atoms with Crippen molar-refractivity contribution in [1.82, 2.24) is 9.97 Å². The number of nitrogens with zero attached hydrogens (tertiary/aromatic N) is 2. The average Bonchev–Trinajstić information content (AvgIpc) is 3.00. The van der Waals surface area contributed by atoms with Gasteiger partial charge in [0.15, 0.2) is 0 Å². The highest BCUT2D eigenvalue weighted by atomic mass is 35.5. The van der Waals surface area contributed by atoms with Gasteiger partial charge in [0.25, 0.3) is 0 Å². The van der Waals surface area contributed by atoms with Crippen LogP contribution in [-0.4, -0.2) is 22.6 Å². The molecule has 0 aromatic carbocycles. The van der Waals surface area contributed by atoms with Crippen LogP contribution in [0, 0.1) is 5.92 Å². The Hall–Kier alpha value is -0.870. The Bertz CT molecular complexity index is 296. The summed E-state index contributed by atoms with van der Waals surface area (Å²) in [6.45, 7) is 0.728. The van der Waals surface area contributed by atoms with Crippen LogP contribution in [0.1, 0.15) is 12.8 Å². The van der Waals surface area contributed by atoms with E-state index in [1.54, 1.807) is 12.4 Å². The molecule has 0 aliphatic heterocycles. The van der Waals surface area contributed by atoms with Crippen molar-refractivity contribution < 1.29 is 0 Å². The van der Waals surface area contributed by atoms with Crippen molar-refractivity contribution in [2.75, 3.05) is 11.9 Å². The standard InChI is InChI=1S/C9H13ClN4/c10-7-3-12-9(13-4-7)14-5-8(11)6-1-2-6/h3-4,6,8H,1-2,5,11H2,(H,12,13,14). The molecule has 0 saturated heterocycles. The Kier molecular flexibility index (Phi) is 2.84. The summed E-state index contributed by atoms with van der Waals surface area (Å²) in [5, 5.41) is 3.63. The van der Waals surface area contributed by atoms with Crippen LogP contribution in [0.4, 0.5) is 5.95 Å². The summed E-state index contributed by atoms with van der Waals surface area (Å²) in [7, 11) is 0. The second-order valence-electron chi connectivity index (χ2n) is 3.61. The van der Waals surface area contributed by atoms with Gasteiger partial charge in [-0.3, -0.25) is 0 Å². The molecule has 14 heavy (non-hydrogen) atoms. The lowest BCUT2D eigenvalue weighted by molar-refractivity contribution is 0.618. The van der Waals surface area contributed by atoms with Crippen molar-refractivity contribution in [3.05, 3.63) is 17.4 Å². The highest BCUT2D eigenvalue weighted by molar-refractivity contribution is 6.30. The summed E-state index contributed by atoms with van der Waals surface area (Å²) in [5.74, 6) is 1.28. The zero-order valence-electron chi connectivity index (χ0n) is 7.78. The van der Waals surface area contributed by atoms with E-state index >= 15 is 0 Å². The van der Waals surface area contributed by atoms with Gasteiger partial charge in [-0.2, -0.15) is 0 Å². The fourth-order valence-electron chi connectivity index (χ4n) is 1.30. The Morgan fingerprint density at radius 3 is 2.71 bits per heavy atom. The molecule has 1 fully saturated rings. The quantitative estimate of drug-likeness (QED) is 0.789. The molecule has 1 aliphatic carbocycles. The molecule has 1 unspecified atom stereocenters. The second kappa shape index (κ2) is 4.11. The molecule has 0 bridgehead atoms. The van der Waals surface area contributed by atoms with Crippen molar-refractivity contribution in [3.63, 3.8) is 0 Å². The van der Waals surface area contributed by atoms with Gasteiger partial charge in [0.2, 0.25) is 5.95 Å². The molecule has 1 aromatic rings. The van der Waals surface area contributed by atoms with Gasteiger partial charge >= 0.3 is 0 Å². The summed E-state index contributed by atoms with van der Waals surface area (Å²) in [5.41, 5.74) is 5.91. The van der Waals surface area contributed by atoms with Crippen molar-refractivity contribution >= 4 is 17.5 Å². The summed E-state index contributed by atoms with van der Waals surface area (Å²) in [4.78, 5) is 8.04. The summed E-state index contributed by atoms with van der Waals surface area (Å²) >= 11 is 5.66. The lowest BCUT2D eigenvalue weighted by atomic mass is 10.2. The molecule has 1 heterocycles. The van der Waals surface area contributed by atoms with Crippen LogP contribution in [0.15, 0.2) is 12.4 Å². The van der Waals surface area contributed by atoms with E-state index in [4.69, 9.17) is 17.3 Å². The Morgan fingerprint density at radius 1 is 1.50 bits per heavy atom. The maximum Gasteiger partial charge on any atom is 0.222 e. The van der Waals surface area contributed by atoms with E-state index in [1.165, 1.54) is 12.8 Å². The number of nitrogens with one attached hydrogen (secondary N) is 1. The van der Waals surface area contributed by atoms with E-state index in [9.17, 15) is 0 Å². The number of anilines is 1. The lowest BCUT2D eigenvalue weighted by Gasteiger charge is -2.10. The third kappa shape index (κ3) is 2.56. The molecule has 0 spiro atoms. The monoisotopic (exact) mass is 212 g/mol. The number of hydrogen-bond donors (Lipinski definition) is 2. The first kappa shape index (κ1) is 9.68. The van der Waals surface area contributed by atoms with E-state index in [1.807, 2.05) is 0 Å². The topological polar surface area (TPSA) is 63.8 Å². The molecule has 5 heteroatoms. The van der Waals surface area contributed by atoms with Crippen molar-refractivity contribution in [3.8, 4) is 0 Å². The van der Waals surface area contributed by atoms with E-state index in [0.717, 1.165) is 6.54 Å². The van der Waals surface area contributed by atoms with Crippen molar-refractivity contribution in [2.24, 2.45) is 11.7 Å². The molecule has 0 radical (unpaired) electrons. The van der Waals surface area contributed by atoms with Gasteiger partial charge in [-0.05, 0) is 18.8 Å². The predicted molar refractivity (Wildman–Crippen MR) is 56.2 cm³/mol. The SMILES string of the molecule is NC(CNc1ncc(Cl)cn1)C1CC1. The molecule has 76 valence electrons. The largest absolute Gasteiger partial charge is 0.353 e. The van der Waals surface area contributed by atoms with Gasteiger partial charge in [0, 0.05) is 12.6 Å². The molecule has 1 atom stereocenters. The smallest absolute Gasteiger partial charge is 0.222 e. The summed E-state index contributed by atoms with van der Waals surface area (Å²) in [6.07, 6.45) is 5.65. The van der Waals surface area contributed by atoms with Crippen LogP contribution in [-0.2, 0) is 0 Å². The second-order valence-corrected chi connectivity index (χ2v) is 4.04. The maximum atomic E-state index is 5.91. The van der Waals surface area contributed by atoms with Gasteiger partial charge < -0.3 is 11.1 Å². The van der Waals surface area contributed by atoms with Crippen molar-refractivity contribution in [2.45, 2.75) is 18.9 Å². The minimum absolute atomic E-state index is 0.217. The first-order valence-corrected chi connectivity index (χ1v) is 5.10. The molecule has 3 N–H and O–H groups in total. The highest BCUT2D eigenvalue weighted by Crippen LogP contribution is 2.31. The minimum Gasteiger partial charge on any atom is -0.353 e. The van der Waals surface area contributed by atoms with E-state index in [-0.39, 0.29) is 6.04 Å². The molecule has 1 aromatic heterocycles. The first-order valence-electron chi connectivity index (χ1n) is 4.72. The third-order valence-corrected chi connectivity index (χ3v) is 2.54. The predicted octanol–water partition coefficient (Wildman–Crippen LogP) is 1.28. The molecular weight excluding hydrogens is 200 g/mol. The minimum atomic E-state index is 0.217. The zero-order valence-corrected chi connectivity index (χ0v) is 8.54. The van der Waals surface area contributed by atoms with E-state index in [0.29, 0.717) is 16.9 Å². The van der Waals surface area contributed by atoms with E-state index in [2.05, 4.69) is 15.3 Å². The fourth-order valence-corrected chi connectivity index (χ4v) is 1.40. The molecule has 4 nitrogen and oxygen atoms in total. The average molecular weight is 213 g/mol.